The summed E-state index contributed by atoms with van der Waals surface area (Å²) in [6, 6.07) is 7.93. The highest BCUT2D eigenvalue weighted by atomic mass is 35.5. The zero-order chi connectivity index (χ0) is 21.7. The van der Waals surface area contributed by atoms with Crippen molar-refractivity contribution in [2.24, 2.45) is 0 Å². The summed E-state index contributed by atoms with van der Waals surface area (Å²) in [5.74, 6) is 1.05. The third-order valence-electron chi connectivity index (χ3n) is 4.34. The van der Waals surface area contributed by atoms with E-state index in [0.717, 1.165) is 36.9 Å². The van der Waals surface area contributed by atoms with Gasteiger partial charge in [0, 0.05) is 12.2 Å². The lowest BCUT2D eigenvalue weighted by atomic mass is 10.2. The molecule has 2 heterocycles. The molecule has 0 radical (unpaired) electrons. The number of nitrogens with zero attached hydrogens (tertiary/aromatic N) is 5. The summed E-state index contributed by atoms with van der Waals surface area (Å²) in [4.78, 5) is 7.54. The molecule has 160 valence electrons. The minimum atomic E-state index is -4.55. The number of rotatable bonds is 8. The minimum Gasteiger partial charge on any atom is -0.484 e. The summed E-state index contributed by atoms with van der Waals surface area (Å²) in [6.45, 7) is 4.14. The summed E-state index contributed by atoms with van der Waals surface area (Å²) in [6.07, 6.45) is -1.90. The molecule has 0 aliphatic heterocycles. The maximum Gasteiger partial charge on any atom is 0.433 e. The van der Waals surface area contributed by atoms with E-state index in [0.29, 0.717) is 21.8 Å². The van der Waals surface area contributed by atoms with Gasteiger partial charge in [-0.3, -0.25) is 4.57 Å². The number of alkyl halides is 3. The average Bonchev–Trinajstić information content (AvgIpc) is 3.10. The second-order valence-electron chi connectivity index (χ2n) is 6.28. The minimum absolute atomic E-state index is 0.0399. The fourth-order valence-electron chi connectivity index (χ4n) is 2.83. The predicted molar refractivity (Wildman–Crippen MR) is 107 cm³/mol. The van der Waals surface area contributed by atoms with Gasteiger partial charge in [-0.05, 0) is 42.8 Å². The Hall–Kier alpha value is -2.33. The molecule has 0 spiro atoms. The van der Waals surface area contributed by atoms with Crippen LogP contribution in [0.15, 0.2) is 46.8 Å². The number of benzene rings is 1. The first kappa shape index (κ1) is 22.4. The highest BCUT2D eigenvalue weighted by Gasteiger charge is 2.33. The van der Waals surface area contributed by atoms with Crippen LogP contribution in [0.4, 0.5) is 13.2 Å². The van der Waals surface area contributed by atoms with Crippen molar-refractivity contribution < 1.29 is 17.9 Å². The second-order valence-corrected chi connectivity index (χ2v) is 7.62. The number of para-hydroxylation sites is 1. The number of halogens is 4. The molecule has 0 amide bonds. The van der Waals surface area contributed by atoms with Crippen LogP contribution in [-0.2, 0) is 12.8 Å². The van der Waals surface area contributed by atoms with E-state index in [9.17, 15) is 13.2 Å². The second kappa shape index (κ2) is 9.65. The van der Waals surface area contributed by atoms with Crippen LogP contribution in [0.3, 0.4) is 0 Å². The van der Waals surface area contributed by atoms with Gasteiger partial charge < -0.3 is 4.74 Å². The Labute approximate surface area is 180 Å². The standard InChI is InChI=1S/C19H19ClF3N5OS/c1-3-12(4-2)28-16(11-29-14-8-6-5-7-13(14)20)26-27-18(28)30-17-24-10-9-15(25-17)19(21,22)23/h5-10,12H,3-4,11H2,1-2H3. The molecular formula is C19H19ClF3N5OS. The van der Waals surface area contributed by atoms with E-state index < -0.39 is 11.9 Å². The van der Waals surface area contributed by atoms with E-state index in [1.165, 1.54) is 0 Å². The van der Waals surface area contributed by atoms with Crippen molar-refractivity contribution in [2.45, 2.75) is 55.8 Å². The van der Waals surface area contributed by atoms with Crippen LogP contribution in [0.5, 0.6) is 5.75 Å². The first-order valence-electron chi connectivity index (χ1n) is 9.22. The van der Waals surface area contributed by atoms with Crippen LogP contribution in [0, 0.1) is 0 Å². The first-order chi connectivity index (χ1) is 14.3. The molecule has 0 atom stereocenters. The van der Waals surface area contributed by atoms with E-state index in [-0.39, 0.29) is 17.8 Å². The molecule has 0 fully saturated rings. The smallest absolute Gasteiger partial charge is 0.433 e. The quantitative estimate of drug-likeness (QED) is 0.396. The van der Waals surface area contributed by atoms with Crippen molar-refractivity contribution in [3.05, 3.63) is 53.1 Å². The SMILES string of the molecule is CCC(CC)n1c(COc2ccccc2Cl)nnc1Sc1nccc(C(F)(F)F)n1. The van der Waals surface area contributed by atoms with Gasteiger partial charge in [-0.25, -0.2) is 9.97 Å². The number of ether oxygens (including phenoxy) is 1. The Morgan fingerprint density at radius 2 is 1.87 bits per heavy atom. The fourth-order valence-corrected chi connectivity index (χ4v) is 3.88. The van der Waals surface area contributed by atoms with Crippen LogP contribution in [-0.4, -0.2) is 24.7 Å². The normalized spacial score (nSPS) is 11.8. The van der Waals surface area contributed by atoms with Gasteiger partial charge in [-0.1, -0.05) is 37.6 Å². The molecule has 11 heteroatoms. The van der Waals surface area contributed by atoms with Crippen LogP contribution in [0.1, 0.15) is 44.2 Å². The van der Waals surface area contributed by atoms with E-state index >= 15 is 0 Å². The van der Waals surface area contributed by atoms with Gasteiger partial charge in [0.15, 0.2) is 16.1 Å². The molecular weight excluding hydrogens is 439 g/mol. The Balaban J connectivity index is 1.89. The zero-order valence-corrected chi connectivity index (χ0v) is 17.8. The van der Waals surface area contributed by atoms with Crippen molar-refractivity contribution in [3.63, 3.8) is 0 Å². The molecule has 30 heavy (non-hydrogen) atoms. The predicted octanol–water partition coefficient (Wildman–Crippen LogP) is 5.83. The van der Waals surface area contributed by atoms with Gasteiger partial charge in [-0.2, -0.15) is 13.2 Å². The monoisotopic (exact) mass is 457 g/mol. The van der Waals surface area contributed by atoms with Crippen molar-refractivity contribution in [3.8, 4) is 5.75 Å². The van der Waals surface area contributed by atoms with E-state index in [2.05, 4.69) is 20.2 Å². The largest absolute Gasteiger partial charge is 0.484 e. The topological polar surface area (TPSA) is 65.7 Å². The Morgan fingerprint density at radius 3 is 2.53 bits per heavy atom. The molecule has 6 nitrogen and oxygen atoms in total. The average molecular weight is 458 g/mol. The number of aromatic nitrogens is 5. The Morgan fingerprint density at radius 1 is 1.13 bits per heavy atom. The molecule has 3 aromatic rings. The summed E-state index contributed by atoms with van der Waals surface area (Å²) in [5, 5.41) is 9.17. The van der Waals surface area contributed by atoms with Gasteiger partial charge in [0.05, 0.1) is 5.02 Å². The number of hydrogen-bond acceptors (Lipinski definition) is 6. The number of hydrogen-bond donors (Lipinski definition) is 0. The van der Waals surface area contributed by atoms with Crippen molar-refractivity contribution in [1.82, 2.24) is 24.7 Å². The van der Waals surface area contributed by atoms with E-state index in [1.807, 2.05) is 18.4 Å². The van der Waals surface area contributed by atoms with Gasteiger partial charge in [0.2, 0.25) is 0 Å². The summed E-state index contributed by atoms with van der Waals surface area (Å²) in [5.41, 5.74) is -1.00. The Bertz CT molecular complexity index is 994. The fraction of sp³-hybridized carbons (Fsp3) is 0.368. The maximum absolute atomic E-state index is 13.0. The maximum atomic E-state index is 13.0. The molecule has 1 aromatic carbocycles. The third-order valence-corrected chi connectivity index (χ3v) is 5.50. The van der Waals surface area contributed by atoms with Crippen LogP contribution >= 0.6 is 23.4 Å². The summed E-state index contributed by atoms with van der Waals surface area (Å²) >= 11 is 7.07. The molecule has 0 saturated heterocycles. The van der Waals surface area contributed by atoms with Crippen LogP contribution in [0.25, 0.3) is 0 Å². The lowest BCUT2D eigenvalue weighted by Crippen LogP contribution is -2.14. The van der Waals surface area contributed by atoms with Gasteiger partial charge in [0.1, 0.15) is 18.1 Å². The van der Waals surface area contributed by atoms with E-state index in [4.69, 9.17) is 16.3 Å². The molecule has 0 N–H and O–H groups in total. The lowest BCUT2D eigenvalue weighted by Gasteiger charge is -2.19. The third kappa shape index (κ3) is 5.23. The Kier molecular flexibility index (Phi) is 7.19. The highest BCUT2D eigenvalue weighted by molar-refractivity contribution is 7.99. The lowest BCUT2D eigenvalue weighted by molar-refractivity contribution is -0.141. The van der Waals surface area contributed by atoms with Gasteiger partial charge in [-0.15, -0.1) is 10.2 Å². The van der Waals surface area contributed by atoms with Crippen molar-refractivity contribution in [2.75, 3.05) is 0 Å². The van der Waals surface area contributed by atoms with Crippen molar-refractivity contribution >= 4 is 23.4 Å². The van der Waals surface area contributed by atoms with Crippen LogP contribution < -0.4 is 4.74 Å². The van der Waals surface area contributed by atoms with E-state index in [1.54, 1.807) is 24.3 Å². The molecule has 0 aliphatic carbocycles. The molecule has 0 bridgehead atoms. The molecule has 2 aromatic heterocycles. The summed E-state index contributed by atoms with van der Waals surface area (Å²) < 4.78 is 46.5. The van der Waals surface area contributed by atoms with Crippen molar-refractivity contribution in [1.29, 1.82) is 0 Å². The first-order valence-corrected chi connectivity index (χ1v) is 10.4. The molecule has 0 saturated carbocycles. The van der Waals surface area contributed by atoms with Gasteiger partial charge >= 0.3 is 6.18 Å². The molecule has 3 rings (SSSR count). The van der Waals surface area contributed by atoms with Gasteiger partial charge in [0.25, 0.3) is 0 Å². The highest BCUT2D eigenvalue weighted by Crippen LogP contribution is 2.33. The van der Waals surface area contributed by atoms with Crippen LogP contribution in [0.2, 0.25) is 5.02 Å². The summed E-state index contributed by atoms with van der Waals surface area (Å²) in [7, 11) is 0. The molecule has 0 aliphatic rings. The molecule has 0 unspecified atom stereocenters. The zero-order valence-electron chi connectivity index (χ0n) is 16.2.